The standard InChI is InChI=1S/C7H10ClNO/c8-6-2-1-5-9-7(10)4-3-6/h3-4,6H,1-2,5H2,(H,9,10)/b4-3-. The molecule has 1 rings (SSSR count). The second-order valence-electron chi connectivity index (χ2n) is 2.31. The predicted octanol–water partition coefficient (Wildman–Crippen LogP) is 1.06. The predicted molar refractivity (Wildman–Crippen MR) is 41.0 cm³/mol. The topological polar surface area (TPSA) is 29.1 Å². The highest BCUT2D eigenvalue weighted by atomic mass is 35.5. The van der Waals surface area contributed by atoms with E-state index >= 15 is 0 Å². The Labute approximate surface area is 65.2 Å². The van der Waals surface area contributed by atoms with Crippen LogP contribution in [0.25, 0.3) is 0 Å². The highest BCUT2D eigenvalue weighted by molar-refractivity contribution is 6.22. The van der Waals surface area contributed by atoms with Crippen LogP contribution in [0.1, 0.15) is 12.8 Å². The van der Waals surface area contributed by atoms with Gasteiger partial charge in [-0.05, 0) is 12.8 Å². The van der Waals surface area contributed by atoms with Crippen LogP contribution in [0.5, 0.6) is 0 Å². The average molecular weight is 160 g/mol. The molecule has 0 saturated carbocycles. The molecule has 3 heteroatoms. The summed E-state index contributed by atoms with van der Waals surface area (Å²) in [6.45, 7) is 0.742. The molecule has 0 radical (unpaired) electrons. The highest BCUT2D eigenvalue weighted by Gasteiger charge is 2.04. The van der Waals surface area contributed by atoms with Gasteiger partial charge in [0, 0.05) is 12.6 Å². The van der Waals surface area contributed by atoms with Crippen molar-refractivity contribution in [1.82, 2.24) is 5.32 Å². The molecule has 2 nitrogen and oxygen atoms in total. The zero-order valence-electron chi connectivity index (χ0n) is 5.64. The number of amides is 1. The minimum Gasteiger partial charge on any atom is -0.353 e. The summed E-state index contributed by atoms with van der Waals surface area (Å²) in [5.74, 6) is -0.0367. The van der Waals surface area contributed by atoms with Gasteiger partial charge in [-0.25, -0.2) is 0 Å². The number of hydrogen-bond donors (Lipinski definition) is 1. The van der Waals surface area contributed by atoms with Crippen LogP contribution in [0.4, 0.5) is 0 Å². The first kappa shape index (κ1) is 7.61. The van der Waals surface area contributed by atoms with Crippen LogP contribution in [0, 0.1) is 0 Å². The van der Waals surface area contributed by atoms with Gasteiger partial charge in [0.2, 0.25) is 5.91 Å². The molecule has 1 amide bonds. The summed E-state index contributed by atoms with van der Waals surface area (Å²) >= 11 is 5.79. The fraction of sp³-hybridized carbons (Fsp3) is 0.571. The molecule has 56 valence electrons. The first-order chi connectivity index (χ1) is 4.79. The minimum atomic E-state index is -0.0367. The Hall–Kier alpha value is -0.500. The second kappa shape index (κ2) is 3.62. The number of alkyl halides is 1. The zero-order valence-corrected chi connectivity index (χ0v) is 6.40. The van der Waals surface area contributed by atoms with Crippen molar-refractivity contribution in [3.05, 3.63) is 12.2 Å². The summed E-state index contributed by atoms with van der Waals surface area (Å²) in [7, 11) is 0. The molecule has 0 fully saturated rings. The third kappa shape index (κ3) is 2.40. The van der Waals surface area contributed by atoms with Gasteiger partial charge in [-0.2, -0.15) is 0 Å². The van der Waals surface area contributed by atoms with Crippen LogP contribution in [-0.4, -0.2) is 17.8 Å². The van der Waals surface area contributed by atoms with Crippen molar-refractivity contribution in [2.75, 3.05) is 6.54 Å². The molecule has 1 unspecified atom stereocenters. The molecule has 1 N–H and O–H groups in total. The van der Waals surface area contributed by atoms with Crippen molar-refractivity contribution in [2.24, 2.45) is 0 Å². The second-order valence-corrected chi connectivity index (χ2v) is 2.87. The molecule has 0 bridgehead atoms. The lowest BCUT2D eigenvalue weighted by Crippen LogP contribution is -2.24. The molecule has 0 spiro atoms. The summed E-state index contributed by atoms with van der Waals surface area (Å²) in [5, 5.41) is 2.75. The maximum absolute atomic E-state index is 10.7. The van der Waals surface area contributed by atoms with Gasteiger partial charge in [-0.1, -0.05) is 6.08 Å². The summed E-state index contributed by atoms with van der Waals surface area (Å²) < 4.78 is 0. The number of carbonyl (C=O) groups is 1. The van der Waals surface area contributed by atoms with E-state index in [-0.39, 0.29) is 11.3 Å². The van der Waals surface area contributed by atoms with Crippen LogP contribution in [-0.2, 0) is 4.79 Å². The normalized spacial score (nSPS) is 30.1. The van der Waals surface area contributed by atoms with E-state index in [2.05, 4.69) is 5.32 Å². The Morgan fingerprint density at radius 2 is 2.50 bits per heavy atom. The largest absolute Gasteiger partial charge is 0.353 e. The molecular formula is C7H10ClNO. The maximum Gasteiger partial charge on any atom is 0.243 e. The van der Waals surface area contributed by atoms with Gasteiger partial charge < -0.3 is 5.32 Å². The molecular weight excluding hydrogens is 150 g/mol. The molecule has 0 aromatic carbocycles. The Balaban J connectivity index is 2.50. The van der Waals surface area contributed by atoms with E-state index in [0.29, 0.717) is 0 Å². The van der Waals surface area contributed by atoms with Crippen molar-refractivity contribution in [3.63, 3.8) is 0 Å². The lowest BCUT2D eigenvalue weighted by molar-refractivity contribution is -0.116. The Kier molecular flexibility index (Phi) is 2.75. The van der Waals surface area contributed by atoms with E-state index in [4.69, 9.17) is 11.6 Å². The van der Waals surface area contributed by atoms with Gasteiger partial charge in [0.05, 0.1) is 5.38 Å². The maximum atomic E-state index is 10.7. The van der Waals surface area contributed by atoms with Crippen molar-refractivity contribution >= 4 is 17.5 Å². The van der Waals surface area contributed by atoms with E-state index in [9.17, 15) is 4.79 Å². The van der Waals surface area contributed by atoms with Gasteiger partial charge in [0.25, 0.3) is 0 Å². The quantitative estimate of drug-likeness (QED) is 0.527. The lowest BCUT2D eigenvalue weighted by Gasteiger charge is -2.08. The minimum absolute atomic E-state index is 0.0334. The Morgan fingerprint density at radius 1 is 1.70 bits per heavy atom. The molecule has 1 atom stereocenters. The van der Waals surface area contributed by atoms with Crippen molar-refractivity contribution in [1.29, 1.82) is 0 Å². The average Bonchev–Trinajstić information content (AvgIpc) is 1.90. The fourth-order valence-corrected chi connectivity index (χ4v) is 1.08. The number of halogens is 1. The summed E-state index contributed by atoms with van der Waals surface area (Å²) in [4.78, 5) is 10.7. The molecule has 0 aromatic heterocycles. The molecule has 1 heterocycles. The number of hydrogen-bond acceptors (Lipinski definition) is 1. The molecule has 10 heavy (non-hydrogen) atoms. The van der Waals surface area contributed by atoms with Crippen LogP contribution < -0.4 is 5.32 Å². The molecule has 0 aliphatic carbocycles. The molecule has 0 saturated heterocycles. The third-order valence-corrected chi connectivity index (χ3v) is 1.78. The van der Waals surface area contributed by atoms with Gasteiger partial charge >= 0.3 is 0 Å². The number of rotatable bonds is 0. The smallest absolute Gasteiger partial charge is 0.243 e. The monoisotopic (exact) mass is 159 g/mol. The van der Waals surface area contributed by atoms with Crippen LogP contribution in [0.15, 0.2) is 12.2 Å². The van der Waals surface area contributed by atoms with E-state index < -0.39 is 0 Å². The van der Waals surface area contributed by atoms with Gasteiger partial charge in [0.1, 0.15) is 0 Å². The van der Waals surface area contributed by atoms with Crippen LogP contribution >= 0.6 is 11.6 Å². The lowest BCUT2D eigenvalue weighted by atomic mass is 10.2. The van der Waals surface area contributed by atoms with Gasteiger partial charge in [-0.3, -0.25) is 4.79 Å². The Bertz CT molecular complexity index is 156. The van der Waals surface area contributed by atoms with Crippen molar-refractivity contribution in [2.45, 2.75) is 18.2 Å². The Morgan fingerprint density at radius 3 is 3.30 bits per heavy atom. The first-order valence-corrected chi connectivity index (χ1v) is 3.83. The summed E-state index contributed by atoms with van der Waals surface area (Å²) in [6.07, 6.45) is 5.13. The van der Waals surface area contributed by atoms with E-state index in [1.807, 2.05) is 0 Å². The molecule has 1 aliphatic heterocycles. The van der Waals surface area contributed by atoms with Gasteiger partial charge in [0.15, 0.2) is 0 Å². The van der Waals surface area contributed by atoms with E-state index in [0.717, 1.165) is 19.4 Å². The SMILES string of the molecule is O=C1/C=C\C(Cl)CCCN1. The molecule has 1 aliphatic rings. The van der Waals surface area contributed by atoms with E-state index in [1.54, 1.807) is 6.08 Å². The number of nitrogens with one attached hydrogen (secondary N) is 1. The van der Waals surface area contributed by atoms with E-state index in [1.165, 1.54) is 6.08 Å². The molecule has 0 aromatic rings. The van der Waals surface area contributed by atoms with Crippen molar-refractivity contribution in [3.8, 4) is 0 Å². The first-order valence-electron chi connectivity index (χ1n) is 3.39. The fourth-order valence-electron chi connectivity index (χ4n) is 0.856. The van der Waals surface area contributed by atoms with Crippen LogP contribution in [0.3, 0.4) is 0 Å². The van der Waals surface area contributed by atoms with Crippen molar-refractivity contribution < 1.29 is 4.79 Å². The highest BCUT2D eigenvalue weighted by Crippen LogP contribution is 2.07. The summed E-state index contributed by atoms with van der Waals surface area (Å²) in [6, 6.07) is 0. The van der Waals surface area contributed by atoms with Gasteiger partial charge in [-0.15, -0.1) is 11.6 Å². The number of carbonyl (C=O) groups excluding carboxylic acids is 1. The number of allylic oxidation sites excluding steroid dienone is 1. The zero-order chi connectivity index (χ0) is 7.40. The van der Waals surface area contributed by atoms with Crippen LogP contribution in [0.2, 0.25) is 0 Å². The third-order valence-electron chi connectivity index (χ3n) is 1.41. The summed E-state index contributed by atoms with van der Waals surface area (Å²) in [5.41, 5.74) is 0.